The van der Waals surface area contributed by atoms with Crippen molar-refractivity contribution in [3.05, 3.63) is 63.4 Å². The molecule has 0 aliphatic rings. The minimum Gasteiger partial charge on any atom is -0.463 e. The smallest absolute Gasteiger partial charge is 0.272 e. The number of H-pyrrole nitrogens is 2. The van der Waals surface area contributed by atoms with Crippen LogP contribution in [0.3, 0.4) is 0 Å². The van der Waals surface area contributed by atoms with Gasteiger partial charge in [0, 0.05) is 23.9 Å². The summed E-state index contributed by atoms with van der Waals surface area (Å²) >= 11 is 0. The number of carbonyl (C=O) groups is 1. The molecule has 0 saturated heterocycles. The molecule has 1 amide bonds. The molecular weight excluding hydrogens is 296 g/mol. The molecule has 3 N–H and O–H groups in total. The molecule has 0 bridgehead atoms. The molecule has 3 rings (SSSR count). The van der Waals surface area contributed by atoms with E-state index >= 15 is 0 Å². The first-order valence-electron chi connectivity index (χ1n) is 7.11. The van der Waals surface area contributed by atoms with E-state index in [1.165, 1.54) is 0 Å². The molecule has 0 spiro atoms. The second-order valence-electron chi connectivity index (χ2n) is 5.27. The Morgan fingerprint density at radius 2 is 2.17 bits per heavy atom. The maximum atomic E-state index is 12.2. The number of aromatic amines is 2. The van der Waals surface area contributed by atoms with Crippen molar-refractivity contribution in [1.82, 2.24) is 20.5 Å². The Morgan fingerprint density at radius 3 is 2.87 bits per heavy atom. The lowest BCUT2D eigenvalue weighted by Crippen LogP contribution is -2.28. The fourth-order valence-corrected chi connectivity index (χ4v) is 2.36. The Labute approximate surface area is 131 Å². The van der Waals surface area contributed by atoms with Crippen molar-refractivity contribution in [3.63, 3.8) is 0 Å². The van der Waals surface area contributed by atoms with Crippen LogP contribution in [0.25, 0.3) is 11.5 Å². The molecule has 0 fully saturated rings. The SMILES string of the molecule is Cc1cc(C)c(CNC(=O)c2cc(-c3ccco3)[nH]n2)c(=O)[nH]1. The van der Waals surface area contributed by atoms with Gasteiger partial charge in [-0.3, -0.25) is 14.7 Å². The third-order valence-electron chi connectivity index (χ3n) is 3.52. The number of nitrogens with zero attached hydrogens (tertiary/aromatic N) is 1. The molecule has 0 unspecified atom stereocenters. The highest BCUT2D eigenvalue weighted by molar-refractivity contribution is 5.93. The summed E-state index contributed by atoms with van der Waals surface area (Å²) in [5.41, 5.74) is 2.82. The van der Waals surface area contributed by atoms with Crippen molar-refractivity contribution in [2.75, 3.05) is 0 Å². The number of amides is 1. The molecule has 3 heterocycles. The first-order valence-corrected chi connectivity index (χ1v) is 7.11. The van der Waals surface area contributed by atoms with E-state index in [2.05, 4.69) is 20.5 Å². The van der Waals surface area contributed by atoms with Crippen LogP contribution >= 0.6 is 0 Å². The predicted molar refractivity (Wildman–Crippen MR) is 84.0 cm³/mol. The number of rotatable bonds is 4. The number of pyridine rings is 1. The normalized spacial score (nSPS) is 10.7. The summed E-state index contributed by atoms with van der Waals surface area (Å²) in [7, 11) is 0. The van der Waals surface area contributed by atoms with Crippen LogP contribution in [0.4, 0.5) is 0 Å². The lowest BCUT2D eigenvalue weighted by atomic mass is 10.1. The second-order valence-corrected chi connectivity index (χ2v) is 5.27. The van der Waals surface area contributed by atoms with Gasteiger partial charge in [0.25, 0.3) is 11.5 Å². The van der Waals surface area contributed by atoms with E-state index in [9.17, 15) is 9.59 Å². The molecule has 0 saturated carbocycles. The standard InChI is InChI=1S/C16H16N4O3/c1-9-6-10(2)18-15(21)11(9)8-17-16(22)13-7-12(19-20-13)14-4-3-5-23-14/h3-7H,8H2,1-2H3,(H,17,22)(H,18,21)(H,19,20). The van der Waals surface area contributed by atoms with E-state index in [0.29, 0.717) is 17.0 Å². The lowest BCUT2D eigenvalue weighted by Gasteiger charge is -2.06. The zero-order valence-electron chi connectivity index (χ0n) is 12.8. The van der Waals surface area contributed by atoms with Crippen molar-refractivity contribution >= 4 is 5.91 Å². The van der Waals surface area contributed by atoms with Gasteiger partial charge < -0.3 is 14.7 Å². The van der Waals surface area contributed by atoms with Gasteiger partial charge in [-0.25, -0.2) is 0 Å². The van der Waals surface area contributed by atoms with Crippen LogP contribution in [-0.2, 0) is 6.54 Å². The van der Waals surface area contributed by atoms with Gasteiger partial charge >= 0.3 is 0 Å². The molecule has 7 nitrogen and oxygen atoms in total. The van der Waals surface area contributed by atoms with Crippen LogP contribution in [0.5, 0.6) is 0 Å². The van der Waals surface area contributed by atoms with Crippen molar-refractivity contribution in [2.45, 2.75) is 20.4 Å². The number of furan rings is 1. The average Bonchev–Trinajstić information content (AvgIpc) is 3.17. The quantitative estimate of drug-likeness (QED) is 0.684. The number of carbonyl (C=O) groups excluding carboxylic acids is 1. The summed E-state index contributed by atoms with van der Waals surface area (Å²) in [4.78, 5) is 26.8. The van der Waals surface area contributed by atoms with Crippen LogP contribution in [0.2, 0.25) is 0 Å². The second kappa shape index (κ2) is 5.96. The molecule has 23 heavy (non-hydrogen) atoms. The molecule has 0 aliphatic heterocycles. The zero-order valence-corrected chi connectivity index (χ0v) is 12.8. The third kappa shape index (κ3) is 3.08. The van der Waals surface area contributed by atoms with E-state index in [1.54, 1.807) is 24.5 Å². The molecule has 0 atom stereocenters. The zero-order chi connectivity index (χ0) is 16.4. The summed E-state index contributed by atoms with van der Waals surface area (Å²) in [5, 5.41) is 9.41. The van der Waals surface area contributed by atoms with E-state index in [4.69, 9.17) is 4.42 Å². The van der Waals surface area contributed by atoms with E-state index < -0.39 is 0 Å². The average molecular weight is 312 g/mol. The number of aromatic nitrogens is 3. The van der Waals surface area contributed by atoms with Crippen LogP contribution in [0, 0.1) is 13.8 Å². The van der Waals surface area contributed by atoms with E-state index in [0.717, 1.165) is 11.3 Å². The molecular formula is C16H16N4O3. The van der Waals surface area contributed by atoms with Gasteiger partial charge in [0.1, 0.15) is 5.69 Å². The van der Waals surface area contributed by atoms with Gasteiger partial charge in [-0.15, -0.1) is 0 Å². The molecule has 0 aliphatic carbocycles. The van der Waals surface area contributed by atoms with Gasteiger partial charge in [0.05, 0.1) is 6.26 Å². The summed E-state index contributed by atoms with van der Waals surface area (Å²) in [5.74, 6) is 0.237. The number of hydrogen-bond acceptors (Lipinski definition) is 4. The number of aryl methyl sites for hydroxylation is 2. The van der Waals surface area contributed by atoms with Crippen LogP contribution in [0.15, 0.2) is 39.7 Å². The number of hydrogen-bond donors (Lipinski definition) is 3. The minimum atomic E-state index is -0.363. The van der Waals surface area contributed by atoms with Crippen LogP contribution < -0.4 is 10.9 Å². The Bertz CT molecular complexity index is 890. The first kappa shape index (κ1) is 14.8. The van der Waals surface area contributed by atoms with Crippen LogP contribution in [0.1, 0.15) is 27.3 Å². The Balaban J connectivity index is 1.72. The molecule has 3 aromatic heterocycles. The Kier molecular flexibility index (Phi) is 3.84. The molecule has 118 valence electrons. The number of nitrogens with one attached hydrogen (secondary N) is 3. The van der Waals surface area contributed by atoms with Crippen molar-refractivity contribution in [2.24, 2.45) is 0 Å². The maximum absolute atomic E-state index is 12.2. The summed E-state index contributed by atoms with van der Waals surface area (Å²) in [6.45, 7) is 3.80. The van der Waals surface area contributed by atoms with Crippen LogP contribution in [-0.4, -0.2) is 21.1 Å². The van der Waals surface area contributed by atoms with Gasteiger partial charge in [0.2, 0.25) is 0 Å². The largest absolute Gasteiger partial charge is 0.463 e. The molecule has 0 aromatic carbocycles. The first-order chi connectivity index (χ1) is 11.0. The monoisotopic (exact) mass is 312 g/mol. The van der Waals surface area contributed by atoms with Gasteiger partial charge in [0.15, 0.2) is 11.5 Å². The van der Waals surface area contributed by atoms with Gasteiger partial charge in [-0.1, -0.05) is 0 Å². The molecule has 0 radical (unpaired) electrons. The van der Waals surface area contributed by atoms with E-state index in [1.807, 2.05) is 19.9 Å². The van der Waals surface area contributed by atoms with Crippen molar-refractivity contribution in [1.29, 1.82) is 0 Å². The highest BCUT2D eigenvalue weighted by Crippen LogP contribution is 2.17. The lowest BCUT2D eigenvalue weighted by molar-refractivity contribution is 0.0945. The van der Waals surface area contributed by atoms with E-state index in [-0.39, 0.29) is 23.7 Å². The topological polar surface area (TPSA) is 104 Å². The predicted octanol–water partition coefficient (Wildman–Crippen LogP) is 1.90. The highest BCUT2D eigenvalue weighted by atomic mass is 16.3. The summed E-state index contributed by atoms with van der Waals surface area (Å²) in [6, 6.07) is 6.99. The minimum absolute atomic E-state index is 0.142. The van der Waals surface area contributed by atoms with Gasteiger partial charge in [-0.05, 0) is 37.6 Å². The maximum Gasteiger partial charge on any atom is 0.272 e. The molecule has 3 aromatic rings. The van der Waals surface area contributed by atoms with Gasteiger partial charge in [-0.2, -0.15) is 5.10 Å². The molecule has 7 heteroatoms. The third-order valence-corrected chi connectivity index (χ3v) is 3.52. The van der Waals surface area contributed by atoms with Crippen molar-refractivity contribution < 1.29 is 9.21 Å². The summed E-state index contributed by atoms with van der Waals surface area (Å²) in [6.07, 6.45) is 1.54. The Hall–Kier alpha value is -3.09. The fraction of sp³-hybridized carbons (Fsp3) is 0.188. The fourth-order valence-electron chi connectivity index (χ4n) is 2.36. The highest BCUT2D eigenvalue weighted by Gasteiger charge is 2.14. The summed E-state index contributed by atoms with van der Waals surface area (Å²) < 4.78 is 5.24. The van der Waals surface area contributed by atoms with Crippen molar-refractivity contribution in [3.8, 4) is 11.5 Å². The Morgan fingerprint density at radius 1 is 1.35 bits per heavy atom.